The van der Waals surface area contributed by atoms with Crippen molar-refractivity contribution in [3.63, 3.8) is 0 Å². The summed E-state index contributed by atoms with van der Waals surface area (Å²) in [4.78, 5) is 0. The molecule has 3 nitrogen and oxygen atoms in total. The van der Waals surface area contributed by atoms with E-state index in [1.165, 1.54) is 0 Å². The molecular weight excluding hydrogens is 140 g/mol. The number of aromatic hydroxyl groups is 1. The van der Waals surface area contributed by atoms with Crippen LogP contribution in [-0.4, -0.2) is 5.11 Å². The first kappa shape index (κ1) is 8.04. The van der Waals surface area contributed by atoms with E-state index >= 15 is 0 Å². The molecule has 0 aromatic heterocycles. The number of phenolic OH excluding ortho intramolecular Hbond substituents is 1. The average Bonchev–Trinajstić information content (AvgIpc) is 2.04. The number of hydrogen-bond donors (Lipinski definition) is 3. The number of benzene rings is 1. The first-order valence-electron chi connectivity index (χ1n) is 3.49. The normalized spacial score (nSPS) is 12.9. The van der Waals surface area contributed by atoms with Gasteiger partial charge in [0.2, 0.25) is 0 Å². The second-order valence-corrected chi connectivity index (χ2v) is 2.45. The number of nitrogens with one attached hydrogen (secondary N) is 1. The van der Waals surface area contributed by atoms with Crippen LogP contribution in [0.25, 0.3) is 0 Å². The Morgan fingerprint density at radius 2 is 2.09 bits per heavy atom. The predicted molar refractivity (Wildman–Crippen MR) is 43.8 cm³/mol. The molecule has 0 fully saturated rings. The van der Waals surface area contributed by atoms with Crippen LogP contribution in [0.1, 0.15) is 18.5 Å². The summed E-state index contributed by atoms with van der Waals surface area (Å²) in [5.74, 6) is 5.49. The molecule has 0 aliphatic heterocycles. The van der Waals surface area contributed by atoms with Gasteiger partial charge in [-0.3, -0.25) is 11.3 Å². The first-order valence-corrected chi connectivity index (χ1v) is 3.49. The van der Waals surface area contributed by atoms with Gasteiger partial charge in [0.05, 0.1) is 0 Å². The summed E-state index contributed by atoms with van der Waals surface area (Å²) in [7, 11) is 0. The second kappa shape index (κ2) is 3.37. The molecule has 1 rings (SSSR count). The van der Waals surface area contributed by atoms with Gasteiger partial charge in [0.25, 0.3) is 0 Å². The van der Waals surface area contributed by atoms with Crippen LogP contribution in [0.3, 0.4) is 0 Å². The fourth-order valence-electron chi connectivity index (χ4n) is 0.943. The van der Waals surface area contributed by atoms with Crippen molar-refractivity contribution in [2.45, 2.75) is 13.0 Å². The van der Waals surface area contributed by atoms with Crippen molar-refractivity contribution in [3.05, 3.63) is 29.8 Å². The van der Waals surface area contributed by atoms with E-state index in [0.717, 1.165) is 5.56 Å². The second-order valence-electron chi connectivity index (χ2n) is 2.45. The molecule has 0 aliphatic carbocycles. The molecule has 3 heteroatoms. The zero-order valence-electron chi connectivity index (χ0n) is 6.41. The smallest absolute Gasteiger partial charge is 0.120 e. The Kier molecular flexibility index (Phi) is 2.46. The molecule has 1 atom stereocenters. The Balaban J connectivity index is 2.93. The molecule has 0 saturated carbocycles. The quantitative estimate of drug-likeness (QED) is 0.436. The highest BCUT2D eigenvalue weighted by molar-refractivity contribution is 5.33. The molecular formula is C8H12N2O. The van der Waals surface area contributed by atoms with Gasteiger partial charge < -0.3 is 5.11 Å². The van der Waals surface area contributed by atoms with Crippen LogP contribution >= 0.6 is 0 Å². The lowest BCUT2D eigenvalue weighted by molar-refractivity contribution is 0.454. The lowest BCUT2D eigenvalue weighted by atomic mass is 10.1. The first-order chi connectivity index (χ1) is 5.25. The van der Waals surface area contributed by atoms with Gasteiger partial charge in [-0.15, -0.1) is 0 Å². The summed E-state index contributed by atoms with van der Waals surface area (Å²) in [6, 6.07) is 7.10. The van der Waals surface area contributed by atoms with Crippen LogP contribution < -0.4 is 11.3 Å². The standard InChI is InChI=1S/C8H12N2O/c1-6(10-9)7-4-2-3-5-8(7)11/h2-6,10-11H,9H2,1H3/t6-/m0/s1. The zero-order valence-corrected chi connectivity index (χ0v) is 6.41. The molecule has 0 heterocycles. The fourth-order valence-corrected chi connectivity index (χ4v) is 0.943. The summed E-state index contributed by atoms with van der Waals surface area (Å²) >= 11 is 0. The number of hydrogen-bond acceptors (Lipinski definition) is 3. The molecule has 1 aromatic rings. The maximum atomic E-state index is 9.32. The predicted octanol–water partition coefficient (Wildman–Crippen LogP) is 0.917. The molecule has 1 aromatic carbocycles. The summed E-state index contributed by atoms with van der Waals surface area (Å²) in [5.41, 5.74) is 3.38. The number of hydrazine groups is 1. The van der Waals surface area contributed by atoms with Gasteiger partial charge in [-0.2, -0.15) is 0 Å². The van der Waals surface area contributed by atoms with Gasteiger partial charge in [-0.1, -0.05) is 18.2 Å². The minimum absolute atomic E-state index is 0.0174. The van der Waals surface area contributed by atoms with Crippen LogP contribution in [0.2, 0.25) is 0 Å². The molecule has 60 valence electrons. The van der Waals surface area contributed by atoms with Crippen molar-refractivity contribution >= 4 is 0 Å². The van der Waals surface area contributed by atoms with Crippen molar-refractivity contribution in [1.82, 2.24) is 5.43 Å². The highest BCUT2D eigenvalue weighted by atomic mass is 16.3. The van der Waals surface area contributed by atoms with Crippen LogP contribution in [0, 0.1) is 0 Å². The molecule has 0 amide bonds. The SMILES string of the molecule is C[C@H](NN)c1ccccc1O. The maximum Gasteiger partial charge on any atom is 0.120 e. The topological polar surface area (TPSA) is 58.3 Å². The van der Waals surface area contributed by atoms with Crippen molar-refractivity contribution in [1.29, 1.82) is 0 Å². The van der Waals surface area contributed by atoms with Crippen molar-refractivity contribution in [3.8, 4) is 5.75 Å². The molecule has 0 spiro atoms. The summed E-state index contributed by atoms with van der Waals surface area (Å²) in [6.07, 6.45) is 0. The minimum Gasteiger partial charge on any atom is -0.508 e. The molecule has 4 N–H and O–H groups in total. The van der Waals surface area contributed by atoms with E-state index in [0.29, 0.717) is 0 Å². The monoisotopic (exact) mass is 152 g/mol. The fraction of sp³-hybridized carbons (Fsp3) is 0.250. The summed E-state index contributed by atoms with van der Waals surface area (Å²) in [5, 5.41) is 9.32. The average molecular weight is 152 g/mol. The third kappa shape index (κ3) is 1.69. The lowest BCUT2D eigenvalue weighted by Gasteiger charge is -2.10. The molecule has 0 saturated heterocycles. The minimum atomic E-state index is -0.0174. The molecule has 0 radical (unpaired) electrons. The zero-order chi connectivity index (χ0) is 8.27. The van der Waals surface area contributed by atoms with E-state index in [1.54, 1.807) is 12.1 Å². The van der Waals surface area contributed by atoms with Crippen LogP contribution in [0.4, 0.5) is 0 Å². The Labute approximate surface area is 65.8 Å². The molecule has 11 heavy (non-hydrogen) atoms. The summed E-state index contributed by atoms with van der Waals surface area (Å²) < 4.78 is 0. The van der Waals surface area contributed by atoms with Crippen molar-refractivity contribution in [2.75, 3.05) is 0 Å². The Morgan fingerprint density at radius 3 is 2.64 bits per heavy atom. The summed E-state index contributed by atoms with van der Waals surface area (Å²) in [6.45, 7) is 1.88. The number of phenols is 1. The van der Waals surface area contributed by atoms with Gasteiger partial charge in [-0.25, -0.2) is 0 Å². The Bertz CT molecular complexity index is 237. The van der Waals surface area contributed by atoms with E-state index in [4.69, 9.17) is 5.84 Å². The van der Waals surface area contributed by atoms with E-state index in [2.05, 4.69) is 5.43 Å². The molecule has 0 aliphatic rings. The third-order valence-electron chi connectivity index (χ3n) is 1.65. The van der Waals surface area contributed by atoms with Gasteiger partial charge in [0, 0.05) is 11.6 Å². The number of rotatable bonds is 2. The van der Waals surface area contributed by atoms with E-state index < -0.39 is 0 Å². The van der Waals surface area contributed by atoms with Gasteiger partial charge in [0.1, 0.15) is 5.75 Å². The van der Waals surface area contributed by atoms with Crippen LogP contribution in [0.5, 0.6) is 5.75 Å². The molecule has 0 unspecified atom stereocenters. The molecule has 0 bridgehead atoms. The van der Waals surface area contributed by atoms with E-state index in [1.807, 2.05) is 19.1 Å². The van der Waals surface area contributed by atoms with Crippen molar-refractivity contribution in [2.24, 2.45) is 5.84 Å². The number of nitrogens with two attached hydrogens (primary N) is 1. The van der Waals surface area contributed by atoms with Crippen molar-refractivity contribution < 1.29 is 5.11 Å². The highest BCUT2D eigenvalue weighted by Crippen LogP contribution is 2.21. The van der Waals surface area contributed by atoms with Gasteiger partial charge >= 0.3 is 0 Å². The largest absolute Gasteiger partial charge is 0.508 e. The van der Waals surface area contributed by atoms with E-state index in [9.17, 15) is 5.11 Å². The highest BCUT2D eigenvalue weighted by Gasteiger charge is 2.05. The maximum absolute atomic E-state index is 9.32. The van der Waals surface area contributed by atoms with Crippen LogP contribution in [0.15, 0.2) is 24.3 Å². The van der Waals surface area contributed by atoms with E-state index in [-0.39, 0.29) is 11.8 Å². The lowest BCUT2D eigenvalue weighted by Crippen LogP contribution is -2.25. The van der Waals surface area contributed by atoms with Gasteiger partial charge in [0.15, 0.2) is 0 Å². The van der Waals surface area contributed by atoms with Gasteiger partial charge in [-0.05, 0) is 13.0 Å². The Morgan fingerprint density at radius 1 is 1.45 bits per heavy atom. The Hall–Kier alpha value is -1.06. The number of para-hydroxylation sites is 1. The third-order valence-corrected chi connectivity index (χ3v) is 1.65. The van der Waals surface area contributed by atoms with Crippen LogP contribution in [-0.2, 0) is 0 Å².